The van der Waals surface area contributed by atoms with Crippen molar-refractivity contribution in [2.45, 2.75) is 29.5 Å². The number of rotatable bonds is 3. The molecule has 1 aliphatic rings. The average Bonchev–Trinajstić information content (AvgIpc) is 3.18. The van der Waals surface area contributed by atoms with Crippen LogP contribution in [0, 0.1) is 0 Å². The van der Waals surface area contributed by atoms with E-state index in [1.807, 2.05) is 47.9 Å². The minimum Gasteiger partial charge on any atom is -0.345 e. The van der Waals surface area contributed by atoms with E-state index in [-0.39, 0.29) is 17.2 Å². The molecule has 2 atom stereocenters. The van der Waals surface area contributed by atoms with Crippen molar-refractivity contribution in [2.75, 3.05) is 0 Å². The molecular formula is C17H16N4OS. The highest BCUT2D eigenvalue weighted by atomic mass is 32.2. The second-order valence-electron chi connectivity index (χ2n) is 5.64. The maximum absolute atomic E-state index is 12.6. The molecule has 1 aromatic carbocycles. The van der Waals surface area contributed by atoms with Crippen molar-refractivity contribution in [1.29, 1.82) is 0 Å². The molecule has 5 nitrogen and oxygen atoms in total. The molecule has 1 N–H and O–H groups in total. The van der Waals surface area contributed by atoms with Gasteiger partial charge in [-0.25, -0.2) is 0 Å². The number of amides is 1. The summed E-state index contributed by atoms with van der Waals surface area (Å²) in [5.74, 6) is 0.792. The van der Waals surface area contributed by atoms with Gasteiger partial charge < -0.3 is 5.32 Å². The molecule has 0 saturated carbocycles. The van der Waals surface area contributed by atoms with Gasteiger partial charge in [-0.1, -0.05) is 24.3 Å². The predicted octanol–water partition coefficient (Wildman–Crippen LogP) is 2.62. The molecule has 0 radical (unpaired) electrons. The van der Waals surface area contributed by atoms with Crippen molar-refractivity contribution in [3.8, 4) is 0 Å². The molecule has 0 bridgehead atoms. The van der Waals surface area contributed by atoms with E-state index < -0.39 is 0 Å². The van der Waals surface area contributed by atoms with Gasteiger partial charge in [0, 0.05) is 11.1 Å². The summed E-state index contributed by atoms with van der Waals surface area (Å²) in [4.78, 5) is 13.8. The Bertz CT molecular complexity index is 851. The Hall–Kier alpha value is -2.34. The fourth-order valence-corrected chi connectivity index (χ4v) is 4.06. The predicted molar refractivity (Wildman–Crippen MR) is 89.3 cm³/mol. The van der Waals surface area contributed by atoms with Crippen LogP contribution < -0.4 is 5.32 Å². The van der Waals surface area contributed by atoms with Gasteiger partial charge in [-0.2, -0.15) is 0 Å². The van der Waals surface area contributed by atoms with E-state index in [4.69, 9.17) is 0 Å². The van der Waals surface area contributed by atoms with Gasteiger partial charge in [-0.05, 0) is 37.1 Å². The number of thioether (sulfide) groups is 1. The van der Waals surface area contributed by atoms with Crippen LogP contribution in [0.3, 0.4) is 0 Å². The number of pyridine rings is 1. The molecule has 6 heteroatoms. The van der Waals surface area contributed by atoms with E-state index in [1.165, 1.54) is 10.5 Å². The molecule has 2 aromatic heterocycles. The van der Waals surface area contributed by atoms with Crippen LogP contribution in [-0.2, 0) is 11.2 Å². The highest BCUT2D eigenvalue weighted by Crippen LogP contribution is 2.37. The van der Waals surface area contributed by atoms with E-state index in [0.29, 0.717) is 0 Å². The van der Waals surface area contributed by atoms with Crippen molar-refractivity contribution < 1.29 is 4.79 Å². The maximum atomic E-state index is 12.6. The lowest BCUT2D eigenvalue weighted by atomic mass is 10.1. The molecule has 0 fully saturated rings. The van der Waals surface area contributed by atoms with Gasteiger partial charge in [0.1, 0.15) is 0 Å². The van der Waals surface area contributed by atoms with Crippen LogP contribution in [0.5, 0.6) is 0 Å². The lowest BCUT2D eigenvalue weighted by Crippen LogP contribution is -2.35. The van der Waals surface area contributed by atoms with Crippen molar-refractivity contribution in [2.24, 2.45) is 0 Å². The van der Waals surface area contributed by atoms with Crippen LogP contribution >= 0.6 is 11.8 Å². The molecule has 2 unspecified atom stereocenters. The molecule has 23 heavy (non-hydrogen) atoms. The molecule has 3 aromatic rings. The second kappa shape index (κ2) is 5.70. The van der Waals surface area contributed by atoms with Crippen LogP contribution in [0.15, 0.2) is 53.6 Å². The standard InChI is InChI=1S/C17H16N4OS/c1-11(16-20-19-15-8-4-5-9-21(15)16)18-17(22)14-10-12-6-2-3-7-13(12)23-14/h2-9,11,14H,10H2,1H3,(H,18,22). The van der Waals surface area contributed by atoms with Crippen LogP contribution in [0.2, 0.25) is 0 Å². The van der Waals surface area contributed by atoms with Gasteiger partial charge in [0.2, 0.25) is 5.91 Å². The second-order valence-corrected chi connectivity index (χ2v) is 6.88. The summed E-state index contributed by atoms with van der Waals surface area (Å²) in [6, 6.07) is 13.7. The van der Waals surface area contributed by atoms with Crippen molar-refractivity contribution in [1.82, 2.24) is 19.9 Å². The third kappa shape index (κ3) is 2.59. The summed E-state index contributed by atoms with van der Waals surface area (Å²) in [6.07, 6.45) is 2.69. The summed E-state index contributed by atoms with van der Waals surface area (Å²) >= 11 is 1.63. The Morgan fingerprint density at radius 2 is 2.09 bits per heavy atom. The molecule has 0 aliphatic carbocycles. The molecule has 3 heterocycles. The van der Waals surface area contributed by atoms with Crippen molar-refractivity contribution >= 4 is 23.3 Å². The number of nitrogens with one attached hydrogen (secondary N) is 1. The quantitative estimate of drug-likeness (QED) is 0.804. The lowest BCUT2D eigenvalue weighted by molar-refractivity contribution is -0.121. The Morgan fingerprint density at radius 3 is 2.96 bits per heavy atom. The monoisotopic (exact) mass is 324 g/mol. The molecule has 0 saturated heterocycles. The molecule has 116 valence electrons. The first-order valence-electron chi connectivity index (χ1n) is 7.57. The lowest BCUT2D eigenvalue weighted by Gasteiger charge is -2.15. The van der Waals surface area contributed by atoms with Crippen molar-refractivity contribution in [3.63, 3.8) is 0 Å². The molecule has 1 amide bonds. The molecule has 0 spiro atoms. The summed E-state index contributed by atoms with van der Waals surface area (Å²) in [5.41, 5.74) is 2.03. The number of fused-ring (bicyclic) bond motifs is 2. The van der Waals surface area contributed by atoms with Crippen LogP contribution in [0.1, 0.15) is 24.4 Å². The zero-order valence-corrected chi connectivity index (χ0v) is 13.5. The highest BCUT2D eigenvalue weighted by molar-refractivity contribution is 8.01. The minimum atomic E-state index is -0.191. The van der Waals surface area contributed by atoms with Gasteiger partial charge in [-0.3, -0.25) is 9.20 Å². The minimum absolute atomic E-state index is 0.0476. The number of nitrogens with zero attached hydrogens (tertiary/aromatic N) is 3. The Kier molecular flexibility index (Phi) is 3.53. The van der Waals surface area contributed by atoms with Crippen molar-refractivity contribution in [3.05, 3.63) is 60.0 Å². The number of hydrogen-bond acceptors (Lipinski definition) is 4. The maximum Gasteiger partial charge on any atom is 0.234 e. The number of carbonyl (C=O) groups is 1. The largest absolute Gasteiger partial charge is 0.345 e. The van der Waals surface area contributed by atoms with Gasteiger partial charge in [0.25, 0.3) is 0 Å². The Labute approximate surface area is 138 Å². The topological polar surface area (TPSA) is 59.3 Å². The number of hydrogen-bond donors (Lipinski definition) is 1. The van der Waals surface area contributed by atoms with Gasteiger partial charge in [0.15, 0.2) is 11.5 Å². The number of aromatic nitrogens is 3. The third-order valence-electron chi connectivity index (χ3n) is 4.03. The number of benzene rings is 1. The zero-order chi connectivity index (χ0) is 15.8. The zero-order valence-electron chi connectivity index (χ0n) is 12.6. The van der Waals surface area contributed by atoms with E-state index >= 15 is 0 Å². The Balaban J connectivity index is 1.49. The summed E-state index contributed by atoms with van der Waals surface area (Å²) in [7, 11) is 0. The summed E-state index contributed by atoms with van der Waals surface area (Å²) < 4.78 is 1.90. The van der Waals surface area contributed by atoms with Gasteiger partial charge in [-0.15, -0.1) is 22.0 Å². The smallest absolute Gasteiger partial charge is 0.234 e. The fraction of sp³-hybridized carbons (Fsp3) is 0.235. The van der Waals surface area contributed by atoms with E-state index in [9.17, 15) is 4.79 Å². The van der Waals surface area contributed by atoms with Crippen LogP contribution in [-0.4, -0.2) is 25.8 Å². The summed E-state index contributed by atoms with van der Waals surface area (Å²) in [5, 5.41) is 11.3. The first kappa shape index (κ1) is 14.3. The van der Waals surface area contributed by atoms with Gasteiger partial charge in [0.05, 0.1) is 11.3 Å². The molecular weight excluding hydrogens is 308 g/mol. The van der Waals surface area contributed by atoms with E-state index in [0.717, 1.165) is 17.9 Å². The number of carbonyl (C=O) groups excluding carboxylic acids is 1. The van der Waals surface area contributed by atoms with Crippen LogP contribution in [0.25, 0.3) is 5.65 Å². The van der Waals surface area contributed by atoms with E-state index in [2.05, 4.69) is 27.6 Å². The fourth-order valence-electron chi connectivity index (χ4n) is 2.85. The normalized spacial score (nSPS) is 17.9. The third-order valence-corrected chi connectivity index (χ3v) is 5.34. The van der Waals surface area contributed by atoms with Crippen LogP contribution in [0.4, 0.5) is 0 Å². The first-order valence-corrected chi connectivity index (χ1v) is 8.45. The Morgan fingerprint density at radius 1 is 1.26 bits per heavy atom. The summed E-state index contributed by atoms with van der Waals surface area (Å²) in [6.45, 7) is 1.94. The average molecular weight is 324 g/mol. The molecule has 1 aliphatic heterocycles. The van der Waals surface area contributed by atoms with E-state index in [1.54, 1.807) is 11.8 Å². The molecule has 4 rings (SSSR count). The first-order chi connectivity index (χ1) is 11.2. The SMILES string of the molecule is CC(NC(=O)C1Cc2ccccc2S1)c1nnc2ccccn12. The highest BCUT2D eigenvalue weighted by Gasteiger charge is 2.29. The van der Waals surface area contributed by atoms with Gasteiger partial charge >= 0.3 is 0 Å².